The molecule has 0 bridgehead atoms. The first-order chi connectivity index (χ1) is 7.63. The second kappa shape index (κ2) is 6.74. The van der Waals surface area contributed by atoms with Crippen LogP contribution in [0.5, 0.6) is 5.75 Å². The van der Waals surface area contributed by atoms with E-state index in [4.69, 9.17) is 21.4 Å². The lowest BCUT2D eigenvalue weighted by Crippen LogP contribution is -2.08. The van der Waals surface area contributed by atoms with Gasteiger partial charge in [0.15, 0.2) is 0 Å². The summed E-state index contributed by atoms with van der Waals surface area (Å²) in [4.78, 5) is 0. The molecule has 0 heterocycles. The number of ether oxygens (including phenoxy) is 1. The van der Waals surface area contributed by atoms with E-state index in [9.17, 15) is 0 Å². The number of nitrogens with one attached hydrogen (secondary N) is 1. The fraction of sp³-hybridized carbons (Fsp3) is 0.500. The average Bonchev–Trinajstić information content (AvgIpc) is 2.21. The van der Waals surface area contributed by atoms with Crippen molar-refractivity contribution in [3.63, 3.8) is 0 Å². The van der Waals surface area contributed by atoms with Crippen LogP contribution >= 0.6 is 11.6 Å². The molecular formula is C12H18ClNO2. The largest absolute Gasteiger partial charge is 0.492 e. The predicted molar refractivity (Wildman–Crippen MR) is 66.0 cm³/mol. The molecule has 1 aromatic rings. The number of halogens is 1. The Morgan fingerprint density at radius 2 is 2.25 bits per heavy atom. The third kappa shape index (κ3) is 4.39. The van der Waals surface area contributed by atoms with Gasteiger partial charge in [0.25, 0.3) is 0 Å². The Balaban J connectivity index is 2.54. The monoisotopic (exact) mass is 243 g/mol. The maximum absolute atomic E-state index is 9.09. The van der Waals surface area contributed by atoms with Crippen LogP contribution in [0.2, 0.25) is 5.02 Å². The molecule has 1 aromatic carbocycles. The number of hydrogen-bond donors (Lipinski definition) is 2. The standard InChI is InChI=1S/C12H18ClNO2/c1-9(15)5-6-16-12-4-3-10(8-14-2)7-11(12)13/h3-4,7,9,14-15H,5-6,8H2,1-2H3. The number of benzene rings is 1. The summed E-state index contributed by atoms with van der Waals surface area (Å²) < 4.78 is 5.47. The topological polar surface area (TPSA) is 41.5 Å². The van der Waals surface area contributed by atoms with Crippen molar-refractivity contribution in [3.8, 4) is 5.75 Å². The average molecular weight is 244 g/mol. The summed E-state index contributed by atoms with van der Waals surface area (Å²) in [6.07, 6.45) is 0.261. The minimum absolute atomic E-state index is 0.345. The summed E-state index contributed by atoms with van der Waals surface area (Å²) >= 11 is 6.07. The van der Waals surface area contributed by atoms with Gasteiger partial charge in [-0.3, -0.25) is 0 Å². The summed E-state index contributed by atoms with van der Waals surface area (Å²) in [5.74, 6) is 0.669. The van der Waals surface area contributed by atoms with E-state index < -0.39 is 0 Å². The molecule has 3 nitrogen and oxygen atoms in total. The van der Waals surface area contributed by atoms with Crippen molar-refractivity contribution >= 4 is 11.6 Å². The molecule has 4 heteroatoms. The van der Waals surface area contributed by atoms with Gasteiger partial charge in [0.05, 0.1) is 17.7 Å². The molecular weight excluding hydrogens is 226 g/mol. The van der Waals surface area contributed by atoms with Crippen LogP contribution in [0.25, 0.3) is 0 Å². The molecule has 0 fully saturated rings. The minimum Gasteiger partial charge on any atom is -0.492 e. The highest BCUT2D eigenvalue weighted by Gasteiger charge is 2.03. The van der Waals surface area contributed by atoms with Gasteiger partial charge < -0.3 is 15.2 Å². The maximum atomic E-state index is 9.09. The lowest BCUT2D eigenvalue weighted by Gasteiger charge is -2.10. The number of aliphatic hydroxyl groups is 1. The second-order valence-electron chi connectivity index (χ2n) is 3.78. The maximum Gasteiger partial charge on any atom is 0.137 e. The van der Waals surface area contributed by atoms with Gasteiger partial charge in [-0.05, 0) is 31.7 Å². The molecule has 0 radical (unpaired) electrons. The Morgan fingerprint density at radius 3 is 2.81 bits per heavy atom. The van der Waals surface area contributed by atoms with Gasteiger partial charge in [-0.1, -0.05) is 17.7 Å². The Kier molecular flexibility index (Phi) is 5.60. The summed E-state index contributed by atoms with van der Waals surface area (Å²) in [7, 11) is 1.89. The van der Waals surface area contributed by atoms with Gasteiger partial charge in [0.2, 0.25) is 0 Å². The minimum atomic E-state index is -0.345. The van der Waals surface area contributed by atoms with Gasteiger partial charge in [-0.15, -0.1) is 0 Å². The van der Waals surface area contributed by atoms with Crippen molar-refractivity contribution in [2.24, 2.45) is 0 Å². The molecule has 0 aliphatic heterocycles. The SMILES string of the molecule is CNCc1ccc(OCCC(C)O)c(Cl)c1. The smallest absolute Gasteiger partial charge is 0.137 e. The number of hydrogen-bond acceptors (Lipinski definition) is 3. The van der Waals surface area contributed by atoms with Crippen LogP contribution in [-0.4, -0.2) is 24.9 Å². The predicted octanol–water partition coefficient (Wildman–Crippen LogP) is 2.21. The molecule has 16 heavy (non-hydrogen) atoms. The third-order valence-corrected chi connectivity index (χ3v) is 2.47. The first-order valence-corrected chi connectivity index (χ1v) is 5.75. The number of rotatable bonds is 6. The van der Waals surface area contributed by atoms with Crippen molar-refractivity contribution in [3.05, 3.63) is 28.8 Å². The van der Waals surface area contributed by atoms with E-state index in [1.54, 1.807) is 6.92 Å². The van der Waals surface area contributed by atoms with Gasteiger partial charge in [0.1, 0.15) is 5.75 Å². The highest BCUT2D eigenvalue weighted by molar-refractivity contribution is 6.32. The Hall–Kier alpha value is -0.770. The van der Waals surface area contributed by atoms with Gasteiger partial charge in [-0.2, -0.15) is 0 Å². The van der Waals surface area contributed by atoms with Crippen molar-refractivity contribution in [2.45, 2.75) is 26.0 Å². The van der Waals surface area contributed by atoms with Crippen LogP contribution in [0, 0.1) is 0 Å². The molecule has 0 aliphatic rings. The van der Waals surface area contributed by atoms with E-state index in [0.717, 1.165) is 12.1 Å². The van der Waals surface area contributed by atoms with E-state index >= 15 is 0 Å². The van der Waals surface area contributed by atoms with Crippen LogP contribution in [0.3, 0.4) is 0 Å². The highest BCUT2D eigenvalue weighted by atomic mass is 35.5. The van der Waals surface area contributed by atoms with Crippen LogP contribution in [0.1, 0.15) is 18.9 Å². The molecule has 0 aromatic heterocycles. The summed E-state index contributed by atoms with van der Waals surface area (Å²) in [6, 6.07) is 5.72. The zero-order valence-electron chi connectivity index (χ0n) is 9.66. The van der Waals surface area contributed by atoms with E-state index in [0.29, 0.717) is 23.8 Å². The van der Waals surface area contributed by atoms with Crippen LogP contribution in [0.15, 0.2) is 18.2 Å². The van der Waals surface area contributed by atoms with E-state index in [1.807, 2.05) is 25.2 Å². The van der Waals surface area contributed by atoms with E-state index in [-0.39, 0.29) is 6.10 Å². The molecule has 0 amide bonds. The first kappa shape index (κ1) is 13.3. The second-order valence-corrected chi connectivity index (χ2v) is 4.19. The lowest BCUT2D eigenvalue weighted by molar-refractivity contribution is 0.155. The van der Waals surface area contributed by atoms with Crippen LogP contribution in [-0.2, 0) is 6.54 Å². The molecule has 0 aliphatic carbocycles. The molecule has 2 N–H and O–H groups in total. The van der Waals surface area contributed by atoms with Gasteiger partial charge in [0, 0.05) is 13.0 Å². The molecule has 0 saturated heterocycles. The third-order valence-electron chi connectivity index (χ3n) is 2.17. The summed E-state index contributed by atoms with van der Waals surface area (Å²) in [5.41, 5.74) is 1.12. The van der Waals surface area contributed by atoms with Crippen LogP contribution in [0.4, 0.5) is 0 Å². The lowest BCUT2D eigenvalue weighted by atomic mass is 10.2. The van der Waals surface area contributed by atoms with Crippen LogP contribution < -0.4 is 10.1 Å². The molecule has 1 unspecified atom stereocenters. The van der Waals surface area contributed by atoms with Crippen molar-refractivity contribution in [1.29, 1.82) is 0 Å². The Labute approximate surface area is 101 Å². The molecule has 90 valence electrons. The van der Waals surface area contributed by atoms with Gasteiger partial charge in [-0.25, -0.2) is 0 Å². The molecule has 1 atom stereocenters. The fourth-order valence-electron chi connectivity index (χ4n) is 1.31. The van der Waals surface area contributed by atoms with Crippen molar-refractivity contribution in [2.75, 3.05) is 13.7 Å². The van der Waals surface area contributed by atoms with E-state index in [2.05, 4.69) is 5.32 Å². The zero-order chi connectivity index (χ0) is 12.0. The Morgan fingerprint density at radius 1 is 1.50 bits per heavy atom. The Bertz CT molecular complexity index is 329. The molecule has 0 spiro atoms. The molecule has 0 saturated carbocycles. The number of aliphatic hydroxyl groups excluding tert-OH is 1. The molecule has 1 rings (SSSR count). The first-order valence-electron chi connectivity index (χ1n) is 5.37. The van der Waals surface area contributed by atoms with E-state index in [1.165, 1.54) is 0 Å². The summed E-state index contributed by atoms with van der Waals surface area (Å²) in [6.45, 7) is 3.00. The summed E-state index contributed by atoms with van der Waals surface area (Å²) in [5, 5.41) is 12.8. The highest BCUT2D eigenvalue weighted by Crippen LogP contribution is 2.25. The fourth-order valence-corrected chi connectivity index (χ4v) is 1.57. The van der Waals surface area contributed by atoms with Gasteiger partial charge >= 0.3 is 0 Å². The van der Waals surface area contributed by atoms with Crippen molar-refractivity contribution < 1.29 is 9.84 Å². The normalized spacial score (nSPS) is 12.5. The quantitative estimate of drug-likeness (QED) is 0.805. The zero-order valence-corrected chi connectivity index (χ0v) is 10.4. The van der Waals surface area contributed by atoms with Crippen molar-refractivity contribution in [1.82, 2.24) is 5.32 Å².